The molecule has 0 radical (unpaired) electrons. The number of piperidine rings is 2. The Bertz CT molecular complexity index is 1090. The van der Waals surface area contributed by atoms with E-state index >= 15 is 4.39 Å². The van der Waals surface area contributed by atoms with E-state index in [0.717, 1.165) is 57.4 Å². The van der Waals surface area contributed by atoms with Crippen molar-refractivity contribution in [3.8, 4) is 17.1 Å². The van der Waals surface area contributed by atoms with Crippen molar-refractivity contribution in [2.75, 3.05) is 32.8 Å². The third-order valence-corrected chi connectivity index (χ3v) is 7.26. The summed E-state index contributed by atoms with van der Waals surface area (Å²) in [5.41, 5.74) is 7.72. The third kappa shape index (κ3) is 7.06. The highest BCUT2D eigenvalue weighted by Crippen LogP contribution is 2.31. The predicted octanol–water partition coefficient (Wildman–Crippen LogP) is 5.42. The fourth-order valence-electron chi connectivity index (χ4n) is 5.28. The van der Waals surface area contributed by atoms with Crippen LogP contribution in [0.4, 0.5) is 8.78 Å². The van der Waals surface area contributed by atoms with E-state index in [-0.39, 0.29) is 11.9 Å². The first kappa shape index (κ1) is 27.0. The van der Waals surface area contributed by atoms with Crippen LogP contribution < -0.4 is 10.5 Å². The Balaban J connectivity index is 1.33. The minimum atomic E-state index is -1.18. The number of hydrogen-bond acceptors (Lipinski definition) is 6. The molecule has 3 heterocycles. The zero-order valence-corrected chi connectivity index (χ0v) is 22.1. The van der Waals surface area contributed by atoms with Crippen molar-refractivity contribution in [3.63, 3.8) is 0 Å². The quantitative estimate of drug-likeness (QED) is 0.485. The number of nitrogens with two attached hydrogens (primary N) is 1. The second-order valence-electron chi connectivity index (χ2n) is 10.9. The van der Waals surface area contributed by atoms with Crippen LogP contribution in [0.3, 0.4) is 0 Å². The molecule has 4 rings (SSSR count). The average Bonchev–Trinajstić information content (AvgIpc) is 2.87. The molecule has 2 aromatic rings. The Labute approximate surface area is 219 Å². The summed E-state index contributed by atoms with van der Waals surface area (Å²) in [6, 6.07) is 5.08. The Hall–Kier alpha value is -3.00. The minimum absolute atomic E-state index is 0.0252. The highest BCUT2D eigenvalue weighted by atomic mass is 19.1. The molecule has 1 atom stereocenters. The van der Waals surface area contributed by atoms with Crippen LogP contribution in [0, 0.1) is 11.7 Å². The van der Waals surface area contributed by atoms with Crippen molar-refractivity contribution in [1.29, 1.82) is 0 Å². The lowest BCUT2D eigenvalue weighted by Crippen LogP contribution is -2.41. The van der Waals surface area contributed by atoms with Crippen molar-refractivity contribution in [2.24, 2.45) is 11.7 Å². The Kier molecular flexibility index (Phi) is 8.47. The molecule has 0 amide bonds. The summed E-state index contributed by atoms with van der Waals surface area (Å²) in [6.45, 7) is 14.9. The number of aromatic nitrogens is 2. The monoisotopic (exact) mass is 511 g/mol. The van der Waals surface area contributed by atoms with Crippen molar-refractivity contribution in [1.82, 2.24) is 19.8 Å². The maximum absolute atomic E-state index is 15.1. The fourth-order valence-corrected chi connectivity index (χ4v) is 5.28. The van der Waals surface area contributed by atoms with E-state index in [1.165, 1.54) is 18.5 Å². The lowest BCUT2D eigenvalue weighted by atomic mass is 9.97. The molecule has 2 aliphatic heterocycles. The van der Waals surface area contributed by atoms with E-state index in [1.54, 1.807) is 19.9 Å². The molecule has 200 valence electrons. The lowest BCUT2D eigenvalue weighted by molar-refractivity contribution is 0.0829. The minimum Gasteiger partial charge on any atom is -0.476 e. The number of alkyl halides is 1. The van der Waals surface area contributed by atoms with Gasteiger partial charge in [-0.25, -0.2) is 18.7 Å². The van der Waals surface area contributed by atoms with Crippen LogP contribution in [0.25, 0.3) is 17.0 Å². The van der Waals surface area contributed by atoms with Gasteiger partial charge in [-0.3, -0.25) is 0 Å². The molecule has 0 spiro atoms. The van der Waals surface area contributed by atoms with Gasteiger partial charge in [0.05, 0.1) is 30.7 Å². The predicted molar refractivity (Wildman–Crippen MR) is 144 cm³/mol. The fraction of sp³-hybridized carbons (Fsp3) is 0.517. The Morgan fingerprint density at radius 3 is 2.49 bits per heavy atom. The second kappa shape index (κ2) is 11.6. The van der Waals surface area contributed by atoms with Gasteiger partial charge in [0, 0.05) is 35.6 Å². The summed E-state index contributed by atoms with van der Waals surface area (Å²) in [7, 11) is 0. The molecule has 8 heteroatoms. The van der Waals surface area contributed by atoms with Crippen LogP contribution in [0.2, 0.25) is 0 Å². The van der Waals surface area contributed by atoms with Gasteiger partial charge in [-0.05, 0) is 77.1 Å². The maximum atomic E-state index is 15.1. The molecule has 6 nitrogen and oxygen atoms in total. The zero-order valence-electron chi connectivity index (χ0n) is 22.1. The topological polar surface area (TPSA) is 67.5 Å². The summed E-state index contributed by atoms with van der Waals surface area (Å²) in [6.07, 6.45) is 8.05. The van der Waals surface area contributed by atoms with Crippen LogP contribution in [-0.2, 0) is 0 Å². The van der Waals surface area contributed by atoms with Gasteiger partial charge >= 0.3 is 0 Å². The number of likely N-dealkylation sites (tertiary alicyclic amines) is 2. The van der Waals surface area contributed by atoms with Gasteiger partial charge < -0.3 is 20.3 Å². The van der Waals surface area contributed by atoms with Crippen LogP contribution in [-0.4, -0.2) is 64.3 Å². The van der Waals surface area contributed by atoms with Crippen LogP contribution in [0.1, 0.15) is 51.5 Å². The van der Waals surface area contributed by atoms with Crippen molar-refractivity contribution in [2.45, 2.75) is 57.7 Å². The summed E-state index contributed by atoms with van der Waals surface area (Å²) >= 11 is 0. The van der Waals surface area contributed by atoms with E-state index in [1.807, 2.05) is 6.07 Å². The number of hydrogen-bond donors (Lipinski definition) is 1. The number of nitrogens with zero attached hydrogens (tertiary/aromatic N) is 4. The highest BCUT2D eigenvalue weighted by Gasteiger charge is 2.27. The maximum Gasteiger partial charge on any atom is 0.232 e. The molecule has 2 aliphatic rings. The van der Waals surface area contributed by atoms with Gasteiger partial charge in [0.15, 0.2) is 0 Å². The van der Waals surface area contributed by atoms with Crippen LogP contribution in [0.15, 0.2) is 49.4 Å². The van der Waals surface area contributed by atoms with Gasteiger partial charge in [-0.2, -0.15) is 0 Å². The molecule has 1 aromatic heterocycles. The SMILES string of the molecule is C=C(N)C1CCCCN1C(=C)c1ccc(-c2cnc(OCC3CCN(CC(C)(C)F)CC3)cn2)c(F)c1. The molecule has 1 aromatic carbocycles. The molecular formula is C29H39F2N5O. The van der Waals surface area contributed by atoms with Crippen molar-refractivity contribution in [3.05, 3.63) is 60.8 Å². The normalized spacial score (nSPS) is 19.6. The van der Waals surface area contributed by atoms with Gasteiger partial charge in [0.2, 0.25) is 5.88 Å². The zero-order chi connectivity index (χ0) is 26.6. The number of rotatable bonds is 9. The van der Waals surface area contributed by atoms with E-state index < -0.39 is 5.67 Å². The smallest absolute Gasteiger partial charge is 0.232 e. The molecule has 0 aliphatic carbocycles. The number of benzene rings is 1. The summed E-state index contributed by atoms with van der Waals surface area (Å²) in [5.74, 6) is 0.430. The second-order valence-corrected chi connectivity index (χ2v) is 10.9. The van der Waals surface area contributed by atoms with E-state index in [9.17, 15) is 4.39 Å². The average molecular weight is 512 g/mol. The summed E-state index contributed by atoms with van der Waals surface area (Å²) in [4.78, 5) is 13.0. The highest BCUT2D eigenvalue weighted by molar-refractivity contribution is 5.68. The molecular weight excluding hydrogens is 472 g/mol. The Morgan fingerprint density at radius 2 is 1.86 bits per heavy atom. The van der Waals surface area contributed by atoms with E-state index in [4.69, 9.17) is 10.5 Å². The molecule has 0 saturated carbocycles. The van der Waals surface area contributed by atoms with Gasteiger partial charge in [0.1, 0.15) is 11.5 Å². The largest absolute Gasteiger partial charge is 0.476 e. The number of ether oxygens (including phenoxy) is 1. The van der Waals surface area contributed by atoms with Crippen molar-refractivity contribution < 1.29 is 13.5 Å². The standard InChI is InChI=1S/C29H39F2N5O/c1-20(32)27-7-5-6-12-36(27)21(2)23-8-9-24(25(30)15-23)26-16-34-28(17-33-26)37-18-22-10-13-35(14-11-22)19-29(3,4)31/h8-9,15-17,22,27H,1-2,5-7,10-14,18-19,32H2,3-4H3. The molecule has 0 bridgehead atoms. The van der Waals surface area contributed by atoms with Gasteiger partial charge in [-0.15, -0.1) is 0 Å². The third-order valence-electron chi connectivity index (χ3n) is 7.26. The van der Waals surface area contributed by atoms with Gasteiger partial charge in [0.25, 0.3) is 0 Å². The lowest BCUT2D eigenvalue weighted by Gasteiger charge is -2.39. The first-order chi connectivity index (χ1) is 17.6. The van der Waals surface area contributed by atoms with Gasteiger partial charge in [-0.1, -0.05) is 19.2 Å². The Morgan fingerprint density at radius 1 is 1.11 bits per heavy atom. The first-order valence-corrected chi connectivity index (χ1v) is 13.2. The first-order valence-electron chi connectivity index (χ1n) is 13.2. The van der Waals surface area contributed by atoms with E-state index in [2.05, 4.69) is 32.9 Å². The van der Waals surface area contributed by atoms with Crippen LogP contribution >= 0.6 is 0 Å². The van der Waals surface area contributed by atoms with E-state index in [0.29, 0.717) is 47.5 Å². The molecule has 2 N–H and O–H groups in total. The summed E-state index contributed by atoms with van der Waals surface area (Å²) < 4.78 is 34.8. The molecule has 2 fully saturated rings. The number of halogens is 2. The summed E-state index contributed by atoms with van der Waals surface area (Å²) in [5, 5.41) is 0. The molecule has 2 saturated heterocycles. The van der Waals surface area contributed by atoms with Crippen LogP contribution in [0.5, 0.6) is 5.88 Å². The molecule has 37 heavy (non-hydrogen) atoms. The van der Waals surface area contributed by atoms with Crippen molar-refractivity contribution >= 4 is 5.70 Å². The molecule has 1 unspecified atom stereocenters.